The predicted octanol–water partition coefficient (Wildman–Crippen LogP) is 3.03. The summed E-state index contributed by atoms with van der Waals surface area (Å²) in [5, 5.41) is 6.82. The van der Waals surface area contributed by atoms with E-state index in [9.17, 15) is 4.79 Å². The van der Waals surface area contributed by atoms with E-state index in [4.69, 9.17) is 9.47 Å². The van der Waals surface area contributed by atoms with Crippen LogP contribution in [0.3, 0.4) is 0 Å². The largest absolute Gasteiger partial charge is 0.494 e. The summed E-state index contributed by atoms with van der Waals surface area (Å²) in [7, 11) is 1.78. The number of likely N-dealkylation sites (tertiary alicyclic amines) is 1. The van der Waals surface area contributed by atoms with Gasteiger partial charge in [-0.05, 0) is 44.7 Å². The van der Waals surface area contributed by atoms with Gasteiger partial charge in [-0.1, -0.05) is 18.2 Å². The van der Waals surface area contributed by atoms with Gasteiger partial charge in [0.1, 0.15) is 5.75 Å². The molecule has 1 fully saturated rings. The quantitative estimate of drug-likeness (QED) is 0.339. The van der Waals surface area contributed by atoms with Gasteiger partial charge in [-0.25, -0.2) is 4.79 Å². The topological polar surface area (TPSA) is 75.2 Å². The van der Waals surface area contributed by atoms with Gasteiger partial charge >= 0.3 is 6.09 Å². The normalized spacial score (nSPS) is 14.8. The Kier molecular flexibility index (Phi) is 11.7. The van der Waals surface area contributed by atoms with Crippen LogP contribution in [0, 0.1) is 0 Å². The van der Waals surface area contributed by atoms with Crippen molar-refractivity contribution in [3.8, 4) is 5.75 Å². The molecule has 1 amide bonds. The summed E-state index contributed by atoms with van der Waals surface area (Å²) in [6.07, 6.45) is 2.41. The zero-order valence-electron chi connectivity index (χ0n) is 17.1. The number of carbonyl (C=O) groups excluding carboxylic acids is 1. The Balaban J connectivity index is 0.00000392. The molecule has 1 aromatic rings. The third-order valence-corrected chi connectivity index (χ3v) is 4.54. The average molecular weight is 504 g/mol. The fourth-order valence-electron chi connectivity index (χ4n) is 3.13. The molecule has 1 aliphatic heterocycles. The number of piperidine rings is 1. The third kappa shape index (κ3) is 7.73. The molecular weight excluding hydrogens is 471 g/mol. The van der Waals surface area contributed by atoms with Gasteiger partial charge < -0.3 is 25.0 Å². The van der Waals surface area contributed by atoms with Gasteiger partial charge in [0.25, 0.3) is 0 Å². The summed E-state index contributed by atoms with van der Waals surface area (Å²) in [5.41, 5.74) is 1.19. The third-order valence-electron chi connectivity index (χ3n) is 4.54. The highest BCUT2D eigenvalue weighted by Crippen LogP contribution is 2.18. The van der Waals surface area contributed by atoms with Crippen molar-refractivity contribution in [1.29, 1.82) is 0 Å². The van der Waals surface area contributed by atoms with E-state index in [-0.39, 0.29) is 30.1 Å². The van der Waals surface area contributed by atoms with E-state index in [2.05, 4.69) is 21.7 Å². The maximum atomic E-state index is 11.8. The molecule has 2 rings (SSSR count). The van der Waals surface area contributed by atoms with Crippen molar-refractivity contribution in [2.45, 2.75) is 39.2 Å². The number of carbonyl (C=O) groups is 1. The summed E-state index contributed by atoms with van der Waals surface area (Å²) < 4.78 is 10.7. The summed E-state index contributed by atoms with van der Waals surface area (Å²) in [6.45, 7) is 7.08. The molecule has 1 saturated heterocycles. The molecule has 0 spiro atoms. The Hall–Kier alpha value is -1.71. The molecule has 0 radical (unpaired) electrons. The minimum absolute atomic E-state index is 0. The van der Waals surface area contributed by atoms with E-state index in [1.54, 1.807) is 11.9 Å². The first-order chi connectivity index (χ1) is 13.2. The smallest absolute Gasteiger partial charge is 0.409 e. The van der Waals surface area contributed by atoms with Gasteiger partial charge in [0.2, 0.25) is 0 Å². The van der Waals surface area contributed by atoms with Crippen molar-refractivity contribution in [3.05, 3.63) is 29.8 Å². The van der Waals surface area contributed by atoms with Crippen molar-refractivity contribution < 1.29 is 14.3 Å². The molecule has 0 atom stereocenters. The number of aliphatic imine (C=N–C) groups is 1. The molecule has 0 bridgehead atoms. The highest BCUT2D eigenvalue weighted by Gasteiger charge is 2.23. The van der Waals surface area contributed by atoms with Gasteiger partial charge in [-0.2, -0.15) is 0 Å². The maximum absolute atomic E-state index is 11.8. The Morgan fingerprint density at radius 1 is 1.21 bits per heavy atom. The number of amides is 1. The van der Waals surface area contributed by atoms with E-state index in [0.29, 0.717) is 32.3 Å². The average Bonchev–Trinajstić information content (AvgIpc) is 2.69. The zero-order chi connectivity index (χ0) is 19.5. The van der Waals surface area contributed by atoms with Crippen molar-refractivity contribution in [2.75, 3.05) is 39.9 Å². The number of hydrogen-bond donors (Lipinski definition) is 2. The fraction of sp³-hybridized carbons (Fsp3) is 0.600. The van der Waals surface area contributed by atoms with Crippen molar-refractivity contribution in [2.24, 2.45) is 4.99 Å². The second kappa shape index (κ2) is 13.5. The van der Waals surface area contributed by atoms with Crippen LogP contribution in [-0.4, -0.2) is 62.9 Å². The molecule has 8 heteroatoms. The molecule has 2 N–H and O–H groups in total. The van der Waals surface area contributed by atoms with Crippen molar-refractivity contribution in [1.82, 2.24) is 15.5 Å². The summed E-state index contributed by atoms with van der Waals surface area (Å²) in [5.74, 6) is 1.73. The highest BCUT2D eigenvalue weighted by atomic mass is 127. The molecule has 28 heavy (non-hydrogen) atoms. The van der Waals surface area contributed by atoms with Gasteiger partial charge in [-0.15, -0.1) is 24.0 Å². The molecule has 1 aromatic carbocycles. The number of nitrogens with zero attached hydrogens (tertiary/aromatic N) is 2. The van der Waals surface area contributed by atoms with Crippen LogP contribution in [0.1, 0.15) is 32.3 Å². The first-order valence-corrected chi connectivity index (χ1v) is 9.77. The lowest BCUT2D eigenvalue weighted by molar-refractivity contribution is 0.0963. The number of hydrogen-bond acceptors (Lipinski definition) is 4. The molecule has 158 valence electrons. The number of rotatable bonds is 7. The minimum atomic E-state index is -0.216. The van der Waals surface area contributed by atoms with Crippen LogP contribution < -0.4 is 15.4 Å². The lowest BCUT2D eigenvalue weighted by Crippen LogP contribution is -2.50. The van der Waals surface area contributed by atoms with Gasteiger partial charge in [0.15, 0.2) is 5.96 Å². The first-order valence-electron chi connectivity index (χ1n) is 9.77. The molecule has 0 saturated carbocycles. The maximum Gasteiger partial charge on any atom is 0.409 e. The standard InChI is InChI=1S/C20H32N4O3.HI/c1-4-26-18-9-7-6-8-16(18)10-13-22-19(21-3)23-17-11-14-24(15-12-17)20(25)27-5-2;/h6-9,17H,4-5,10-15H2,1-3H3,(H2,21,22,23);1H. The Bertz CT molecular complexity index is 619. The second-order valence-corrected chi connectivity index (χ2v) is 6.39. The number of nitrogens with one attached hydrogen (secondary N) is 2. The Morgan fingerprint density at radius 3 is 2.57 bits per heavy atom. The van der Waals surface area contributed by atoms with Crippen LogP contribution in [0.2, 0.25) is 0 Å². The number of guanidine groups is 1. The fourth-order valence-corrected chi connectivity index (χ4v) is 3.13. The van der Waals surface area contributed by atoms with E-state index in [1.165, 1.54) is 5.56 Å². The van der Waals surface area contributed by atoms with Crippen LogP contribution in [-0.2, 0) is 11.2 Å². The van der Waals surface area contributed by atoms with Crippen LogP contribution in [0.15, 0.2) is 29.3 Å². The molecule has 0 unspecified atom stereocenters. The molecule has 0 aliphatic carbocycles. The van der Waals surface area contributed by atoms with Gasteiger partial charge in [-0.3, -0.25) is 4.99 Å². The van der Waals surface area contributed by atoms with Crippen LogP contribution in [0.4, 0.5) is 4.79 Å². The summed E-state index contributed by atoms with van der Waals surface area (Å²) in [6, 6.07) is 8.42. The van der Waals surface area contributed by atoms with Gasteiger partial charge in [0.05, 0.1) is 13.2 Å². The van der Waals surface area contributed by atoms with Crippen LogP contribution >= 0.6 is 24.0 Å². The zero-order valence-corrected chi connectivity index (χ0v) is 19.4. The number of para-hydroxylation sites is 1. The Morgan fingerprint density at radius 2 is 1.93 bits per heavy atom. The molecule has 0 aromatic heterocycles. The number of halogens is 1. The lowest BCUT2D eigenvalue weighted by Gasteiger charge is -2.32. The molecule has 7 nitrogen and oxygen atoms in total. The van der Waals surface area contributed by atoms with Crippen LogP contribution in [0.25, 0.3) is 0 Å². The first kappa shape index (κ1) is 24.3. The second-order valence-electron chi connectivity index (χ2n) is 6.39. The number of benzene rings is 1. The minimum Gasteiger partial charge on any atom is -0.494 e. The highest BCUT2D eigenvalue weighted by molar-refractivity contribution is 14.0. The van der Waals surface area contributed by atoms with Gasteiger partial charge in [0, 0.05) is 32.7 Å². The molecule has 1 heterocycles. The van der Waals surface area contributed by atoms with E-state index in [1.807, 2.05) is 32.0 Å². The molecular formula is C20H33IN4O3. The van der Waals surface area contributed by atoms with Crippen LogP contribution in [0.5, 0.6) is 5.75 Å². The lowest BCUT2D eigenvalue weighted by atomic mass is 10.1. The van der Waals surface area contributed by atoms with E-state index in [0.717, 1.165) is 37.5 Å². The molecule has 1 aliphatic rings. The van der Waals surface area contributed by atoms with Crippen molar-refractivity contribution in [3.63, 3.8) is 0 Å². The predicted molar refractivity (Wildman–Crippen MR) is 123 cm³/mol. The van der Waals surface area contributed by atoms with E-state index >= 15 is 0 Å². The Labute approximate surface area is 185 Å². The van der Waals surface area contributed by atoms with E-state index < -0.39 is 0 Å². The summed E-state index contributed by atoms with van der Waals surface area (Å²) >= 11 is 0. The summed E-state index contributed by atoms with van der Waals surface area (Å²) in [4.78, 5) is 17.9. The number of ether oxygens (including phenoxy) is 2. The SMILES string of the molecule is CCOC(=O)N1CCC(NC(=NC)NCCc2ccccc2OCC)CC1.I. The van der Waals surface area contributed by atoms with Crippen molar-refractivity contribution >= 4 is 36.0 Å². The monoisotopic (exact) mass is 504 g/mol.